The van der Waals surface area contributed by atoms with Crippen molar-refractivity contribution in [1.29, 1.82) is 5.41 Å². The van der Waals surface area contributed by atoms with Gasteiger partial charge in [-0.25, -0.2) is 0 Å². The van der Waals surface area contributed by atoms with Crippen LogP contribution >= 0.6 is 0 Å². The third kappa shape index (κ3) is 3.40. The highest BCUT2D eigenvalue weighted by atomic mass is 15.1. The zero-order chi connectivity index (χ0) is 15.4. The summed E-state index contributed by atoms with van der Waals surface area (Å²) in [5.74, 6) is 0.101. The summed E-state index contributed by atoms with van der Waals surface area (Å²) < 4.78 is 0. The predicted octanol–water partition coefficient (Wildman–Crippen LogP) is 3.01. The van der Waals surface area contributed by atoms with E-state index in [2.05, 4.69) is 16.8 Å². The van der Waals surface area contributed by atoms with E-state index in [9.17, 15) is 0 Å². The number of pyridine rings is 1. The smallest absolute Gasteiger partial charge is 0.124 e. The summed E-state index contributed by atoms with van der Waals surface area (Å²) >= 11 is 0. The first-order valence-electron chi connectivity index (χ1n) is 7.14. The lowest BCUT2D eigenvalue weighted by Crippen LogP contribution is -2.27. The molecule has 0 fully saturated rings. The molecule has 4 heteroatoms. The SMILES string of the molecule is CCN(Cc1cccc(C)n1)c1c(C)cccc1C(=N)N. The topological polar surface area (TPSA) is 66.0 Å². The van der Waals surface area contributed by atoms with E-state index in [1.807, 2.05) is 50.2 Å². The van der Waals surface area contributed by atoms with Crippen LogP contribution in [0.25, 0.3) is 0 Å². The second-order valence-corrected chi connectivity index (χ2v) is 5.17. The van der Waals surface area contributed by atoms with Crippen molar-refractivity contribution in [2.45, 2.75) is 27.3 Å². The van der Waals surface area contributed by atoms with Crippen LogP contribution in [0.2, 0.25) is 0 Å². The summed E-state index contributed by atoms with van der Waals surface area (Å²) in [5.41, 5.74) is 10.7. The van der Waals surface area contributed by atoms with Crippen molar-refractivity contribution in [3.63, 3.8) is 0 Å². The van der Waals surface area contributed by atoms with Crippen molar-refractivity contribution >= 4 is 11.5 Å². The van der Waals surface area contributed by atoms with Gasteiger partial charge >= 0.3 is 0 Å². The Morgan fingerprint density at radius 1 is 1.19 bits per heavy atom. The van der Waals surface area contributed by atoms with Crippen molar-refractivity contribution in [2.24, 2.45) is 5.73 Å². The molecule has 0 aliphatic carbocycles. The standard InChI is InChI=1S/C17H22N4/c1-4-21(11-14-9-6-8-13(3)20-14)16-12(2)7-5-10-15(16)17(18)19/h5-10H,4,11H2,1-3H3,(H3,18,19). The van der Waals surface area contributed by atoms with Gasteiger partial charge in [-0.2, -0.15) is 0 Å². The summed E-state index contributed by atoms with van der Waals surface area (Å²) in [5, 5.41) is 7.79. The van der Waals surface area contributed by atoms with E-state index in [1.54, 1.807) is 0 Å². The summed E-state index contributed by atoms with van der Waals surface area (Å²) in [6, 6.07) is 11.9. The molecule has 1 aromatic heterocycles. The lowest BCUT2D eigenvalue weighted by atomic mass is 10.1. The van der Waals surface area contributed by atoms with Crippen LogP contribution in [0.1, 0.15) is 29.4 Å². The molecule has 1 heterocycles. The molecule has 2 rings (SSSR count). The molecule has 0 saturated carbocycles. The van der Waals surface area contributed by atoms with Gasteiger partial charge in [0.2, 0.25) is 0 Å². The van der Waals surface area contributed by atoms with Gasteiger partial charge in [0.15, 0.2) is 0 Å². The molecule has 1 aromatic carbocycles. The minimum atomic E-state index is 0.101. The maximum Gasteiger partial charge on any atom is 0.124 e. The first-order chi connectivity index (χ1) is 10.0. The number of aromatic nitrogens is 1. The Balaban J connectivity index is 2.40. The quantitative estimate of drug-likeness (QED) is 0.654. The van der Waals surface area contributed by atoms with E-state index >= 15 is 0 Å². The van der Waals surface area contributed by atoms with Crippen LogP contribution in [0, 0.1) is 19.3 Å². The molecular weight excluding hydrogens is 260 g/mol. The zero-order valence-corrected chi connectivity index (χ0v) is 12.9. The van der Waals surface area contributed by atoms with E-state index in [1.165, 1.54) is 0 Å². The Morgan fingerprint density at radius 3 is 2.52 bits per heavy atom. The van der Waals surface area contributed by atoms with Crippen LogP contribution in [0.4, 0.5) is 5.69 Å². The molecule has 0 radical (unpaired) electrons. The fourth-order valence-corrected chi connectivity index (χ4v) is 2.53. The average Bonchev–Trinajstić information content (AvgIpc) is 2.45. The number of anilines is 1. The first-order valence-corrected chi connectivity index (χ1v) is 7.14. The molecule has 0 unspecified atom stereocenters. The summed E-state index contributed by atoms with van der Waals surface area (Å²) in [4.78, 5) is 6.78. The molecule has 0 atom stereocenters. The minimum absolute atomic E-state index is 0.101. The third-order valence-corrected chi connectivity index (χ3v) is 3.52. The van der Waals surface area contributed by atoms with Gasteiger partial charge in [0, 0.05) is 17.8 Å². The Morgan fingerprint density at radius 2 is 1.90 bits per heavy atom. The third-order valence-electron chi connectivity index (χ3n) is 3.52. The van der Waals surface area contributed by atoms with Crippen LogP contribution in [0.5, 0.6) is 0 Å². The van der Waals surface area contributed by atoms with E-state index in [4.69, 9.17) is 11.1 Å². The highest BCUT2D eigenvalue weighted by Crippen LogP contribution is 2.26. The van der Waals surface area contributed by atoms with Gasteiger partial charge in [-0.05, 0) is 44.5 Å². The number of hydrogen-bond acceptors (Lipinski definition) is 3. The Hall–Kier alpha value is -2.36. The monoisotopic (exact) mass is 282 g/mol. The largest absolute Gasteiger partial charge is 0.384 e. The molecule has 3 N–H and O–H groups in total. The van der Waals surface area contributed by atoms with E-state index in [-0.39, 0.29) is 5.84 Å². The normalized spacial score (nSPS) is 10.4. The van der Waals surface area contributed by atoms with Gasteiger partial charge in [0.1, 0.15) is 5.84 Å². The minimum Gasteiger partial charge on any atom is -0.384 e. The highest BCUT2D eigenvalue weighted by molar-refractivity contribution is 6.01. The fourth-order valence-electron chi connectivity index (χ4n) is 2.53. The Bertz CT molecular complexity index is 649. The second-order valence-electron chi connectivity index (χ2n) is 5.17. The van der Waals surface area contributed by atoms with Crippen molar-refractivity contribution < 1.29 is 0 Å². The molecule has 0 spiro atoms. The van der Waals surface area contributed by atoms with Gasteiger partial charge < -0.3 is 10.6 Å². The number of para-hydroxylation sites is 1. The van der Waals surface area contributed by atoms with E-state index in [0.29, 0.717) is 6.54 Å². The number of nitrogens with one attached hydrogen (secondary N) is 1. The van der Waals surface area contributed by atoms with Crippen LogP contribution in [0.15, 0.2) is 36.4 Å². The molecule has 0 amide bonds. The number of benzene rings is 1. The number of rotatable bonds is 5. The van der Waals surface area contributed by atoms with Crippen LogP contribution < -0.4 is 10.6 Å². The molecule has 0 saturated heterocycles. The first kappa shape index (κ1) is 15.0. The number of amidine groups is 1. The maximum absolute atomic E-state index is 7.79. The number of nitrogens with zero attached hydrogens (tertiary/aromatic N) is 2. The average molecular weight is 282 g/mol. The summed E-state index contributed by atoms with van der Waals surface area (Å²) in [6.45, 7) is 7.69. The van der Waals surface area contributed by atoms with Crippen molar-refractivity contribution in [1.82, 2.24) is 4.98 Å². The molecule has 4 nitrogen and oxygen atoms in total. The van der Waals surface area contributed by atoms with Gasteiger partial charge in [0.05, 0.1) is 17.9 Å². The molecule has 21 heavy (non-hydrogen) atoms. The highest BCUT2D eigenvalue weighted by Gasteiger charge is 2.15. The number of nitrogen functional groups attached to an aromatic ring is 1. The fraction of sp³-hybridized carbons (Fsp3) is 0.294. The van der Waals surface area contributed by atoms with Gasteiger partial charge in [-0.1, -0.05) is 18.2 Å². The molecule has 110 valence electrons. The maximum atomic E-state index is 7.79. The van der Waals surface area contributed by atoms with Crippen LogP contribution in [-0.4, -0.2) is 17.4 Å². The lowest BCUT2D eigenvalue weighted by Gasteiger charge is -2.27. The molecule has 0 aliphatic heterocycles. The van der Waals surface area contributed by atoms with Gasteiger partial charge in [-0.3, -0.25) is 10.4 Å². The molecule has 0 bridgehead atoms. The Kier molecular flexibility index (Phi) is 4.58. The Labute approximate surface area is 126 Å². The van der Waals surface area contributed by atoms with E-state index in [0.717, 1.165) is 34.7 Å². The van der Waals surface area contributed by atoms with Crippen molar-refractivity contribution in [3.8, 4) is 0 Å². The van der Waals surface area contributed by atoms with E-state index < -0.39 is 0 Å². The summed E-state index contributed by atoms with van der Waals surface area (Å²) in [7, 11) is 0. The van der Waals surface area contributed by atoms with Crippen molar-refractivity contribution in [2.75, 3.05) is 11.4 Å². The van der Waals surface area contributed by atoms with Gasteiger partial charge in [0.25, 0.3) is 0 Å². The predicted molar refractivity (Wildman–Crippen MR) is 87.9 cm³/mol. The van der Waals surface area contributed by atoms with Crippen molar-refractivity contribution in [3.05, 3.63) is 58.9 Å². The zero-order valence-electron chi connectivity index (χ0n) is 12.9. The molecule has 2 aromatic rings. The van der Waals surface area contributed by atoms with Crippen LogP contribution in [-0.2, 0) is 6.54 Å². The van der Waals surface area contributed by atoms with Crippen LogP contribution in [0.3, 0.4) is 0 Å². The summed E-state index contributed by atoms with van der Waals surface area (Å²) in [6.07, 6.45) is 0. The lowest BCUT2D eigenvalue weighted by molar-refractivity contribution is 0.801. The molecule has 0 aliphatic rings. The number of aryl methyl sites for hydroxylation is 2. The number of hydrogen-bond donors (Lipinski definition) is 2. The number of nitrogens with two attached hydrogens (primary N) is 1. The second kappa shape index (κ2) is 6.39. The van der Waals surface area contributed by atoms with Gasteiger partial charge in [-0.15, -0.1) is 0 Å². The molecular formula is C17H22N4.